The quantitative estimate of drug-likeness (QED) is 0.728. The molecule has 4 rings (SSSR count). The molecule has 3 heterocycles. The lowest BCUT2D eigenvalue weighted by molar-refractivity contribution is -0.132. The van der Waals surface area contributed by atoms with Crippen molar-refractivity contribution in [3.8, 4) is 0 Å². The van der Waals surface area contributed by atoms with E-state index in [1.807, 2.05) is 0 Å². The lowest BCUT2D eigenvalue weighted by Gasteiger charge is -2.28. The van der Waals surface area contributed by atoms with Crippen LogP contribution in [0.1, 0.15) is 25.7 Å². The minimum absolute atomic E-state index is 0.233. The summed E-state index contributed by atoms with van der Waals surface area (Å²) < 4.78 is 0. The number of carboxylic acid groups (broad SMARTS) is 1. The highest BCUT2D eigenvalue weighted by Crippen LogP contribution is 2.36. The average Bonchev–Trinajstić information content (AvgIpc) is 2.57. The topological polar surface area (TPSA) is 52.9 Å². The largest absolute Gasteiger partial charge is 0.477 e. The van der Waals surface area contributed by atoms with Crippen molar-refractivity contribution < 1.29 is 9.90 Å². The summed E-state index contributed by atoms with van der Waals surface area (Å²) in [5, 5.41) is 8.97. The van der Waals surface area contributed by atoms with Gasteiger partial charge < -0.3 is 10.0 Å². The number of hydrogen-bond donors (Lipinski definition) is 1. The third-order valence-electron chi connectivity index (χ3n) is 3.97. The van der Waals surface area contributed by atoms with Crippen LogP contribution in [0.3, 0.4) is 0 Å². The van der Waals surface area contributed by atoms with Gasteiger partial charge in [-0.3, -0.25) is 0 Å². The van der Waals surface area contributed by atoms with Crippen LogP contribution in [0, 0.1) is 11.8 Å². The van der Waals surface area contributed by atoms with Gasteiger partial charge >= 0.3 is 5.97 Å². The van der Waals surface area contributed by atoms with Crippen molar-refractivity contribution in [2.24, 2.45) is 16.8 Å². The number of nitrogens with zero attached hydrogens (tertiary/aromatic N) is 2. The van der Waals surface area contributed by atoms with Crippen molar-refractivity contribution in [2.45, 2.75) is 25.7 Å². The number of fused-ring (bicyclic) bond motifs is 2. The van der Waals surface area contributed by atoms with Crippen molar-refractivity contribution >= 4 is 11.8 Å². The molecule has 2 saturated heterocycles. The van der Waals surface area contributed by atoms with Gasteiger partial charge in [-0.05, 0) is 37.7 Å². The first-order chi connectivity index (χ1) is 7.74. The molecule has 0 aromatic rings. The molecule has 16 heavy (non-hydrogen) atoms. The monoisotopic (exact) mass is 220 g/mol. The first-order valence-corrected chi connectivity index (χ1v) is 6.01. The summed E-state index contributed by atoms with van der Waals surface area (Å²) in [6.07, 6.45) is 6.67. The van der Waals surface area contributed by atoms with E-state index in [2.05, 4.69) is 9.89 Å². The number of carbonyl (C=O) groups is 1. The van der Waals surface area contributed by atoms with Crippen LogP contribution >= 0.6 is 0 Å². The van der Waals surface area contributed by atoms with Crippen LogP contribution in [0.2, 0.25) is 0 Å². The Labute approximate surface area is 94.7 Å². The van der Waals surface area contributed by atoms with E-state index in [9.17, 15) is 4.79 Å². The predicted molar refractivity (Wildman–Crippen MR) is 60.2 cm³/mol. The van der Waals surface area contributed by atoms with Crippen LogP contribution in [0.15, 0.2) is 16.8 Å². The van der Waals surface area contributed by atoms with Crippen molar-refractivity contribution in [1.82, 2.24) is 4.90 Å². The molecule has 4 nitrogen and oxygen atoms in total. The van der Waals surface area contributed by atoms with E-state index >= 15 is 0 Å². The minimum atomic E-state index is -0.897. The van der Waals surface area contributed by atoms with E-state index in [-0.39, 0.29) is 5.70 Å². The molecule has 1 aliphatic carbocycles. The fraction of sp³-hybridized carbons (Fsp3) is 0.667. The van der Waals surface area contributed by atoms with E-state index in [1.165, 1.54) is 25.7 Å². The molecular weight excluding hydrogens is 204 g/mol. The summed E-state index contributed by atoms with van der Waals surface area (Å²) in [6.45, 7) is 1.80. The van der Waals surface area contributed by atoms with Crippen LogP contribution in [0.4, 0.5) is 0 Å². The Morgan fingerprint density at radius 3 is 2.81 bits per heavy atom. The number of carboxylic acids is 1. The fourth-order valence-corrected chi connectivity index (χ4v) is 3.10. The van der Waals surface area contributed by atoms with Crippen molar-refractivity contribution in [3.05, 3.63) is 11.8 Å². The Kier molecular flexibility index (Phi) is 2.23. The first kappa shape index (κ1) is 9.87. The highest BCUT2D eigenvalue weighted by molar-refractivity contribution is 5.95. The first-order valence-electron chi connectivity index (χ1n) is 6.01. The summed E-state index contributed by atoms with van der Waals surface area (Å²) in [5.74, 6) is 1.44. The molecule has 1 N–H and O–H groups in total. The van der Waals surface area contributed by atoms with Crippen LogP contribution in [0.5, 0.6) is 0 Å². The minimum Gasteiger partial charge on any atom is -0.477 e. The molecular formula is C12H16N2O2. The summed E-state index contributed by atoms with van der Waals surface area (Å²) in [7, 11) is 0. The highest BCUT2D eigenvalue weighted by Gasteiger charge is 2.35. The van der Waals surface area contributed by atoms with Gasteiger partial charge in [0, 0.05) is 19.0 Å². The standard InChI is InChI=1S/C12H16N2O2/c15-12(16)10-5-6-14-7-8-1-3-9(4-2-8)11(14)13-10/h5,8-9H,1-4,6-7H2,(H,15,16). The second-order valence-corrected chi connectivity index (χ2v) is 4.99. The molecule has 0 amide bonds. The number of aliphatic carboxylic acids is 1. The lowest BCUT2D eigenvalue weighted by Crippen LogP contribution is -2.37. The van der Waals surface area contributed by atoms with Crippen LogP contribution in [-0.2, 0) is 4.79 Å². The zero-order valence-electron chi connectivity index (χ0n) is 9.22. The highest BCUT2D eigenvalue weighted by atomic mass is 16.4. The van der Waals surface area contributed by atoms with Crippen LogP contribution < -0.4 is 0 Å². The summed E-state index contributed by atoms with van der Waals surface area (Å²) in [5.41, 5.74) is 0.233. The van der Waals surface area contributed by atoms with Crippen LogP contribution in [-0.4, -0.2) is 34.9 Å². The summed E-state index contributed by atoms with van der Waals surface area (Å²) in [6, 6.07) is 0. The summed E-state index contributed by atoms with van der Waals surface area (Å²) in [4.78, 5) is 17.6. The lowest BCUT2D eigenvalue weighted by atomic mass is 9.84. The van der Waals surface area contributed by atoms with E-state index in [0.29, 0.717) is 5.92 Å². The van der Waals surface area contributed by atoms with E-state index in [4.69, 9.17) is 5.11 Å². The Morgan fingerprint density at radius 1 is 1.38 bits per heavy atom. The molecule has 0 aromatic carbocycles. The Bertz CT molecular complexity index is 374. The smallest absolute Gasteiger partial charge is 0.354 e. The van der Waals surface area contributed by atoms with Crippen molar-refractivity contribution in [2.75, 3.05) is 13.1 Å². The number of aliphatic imine (C=N–C) groups is 1. The normalized spacial score (nSPS) is 32.6. The molecule has 3 fully saturated rings. The second kappa shape index (κ2) is 3.61. The zero-order chi connectivity index (χ0) is 11.1. The molecule has 0 radical (unpaired) electrons. The average molecular weight is 220 g/mol. The van der Waals surface area contributed by atoms with Gasteiger partial charge in [0.05, 0.1) is 0 Å². The summed E-state index contributed by atoms with van der Waals surface area (Å²) >= 11 is 0. The van der Waals surface area contributed by atoms with Crippen molar-refractivity contribution in [3.63, 3.8) is 0 Å². The maximum atomic E-state index is 10.9. The van der Waals surface area contributed by atoms with Crippen LogP contribution in [0.25, 0.3) is 0 Å². The number of rotatable bonds is 1. The molecule has 2 bridgehead atoms. The number of amidine groups is 1. The van der Waals surface area contributed by atoms with Gasteiger partial charge in [0.15, 0.2) is 0 Å². The maximum Gasteiger partial charge on any atom is 0.354 e. The van der Waals surface area contributed by atoms with Gasteiger partial charge in [-0.25, -0.2) is 9.79 Å². The molecule has 0 atom stereocenters. The molecule has 86 valence electrons. The zero-order valence-corrected chi connectivity index (χ0v) is 9.22. The molecule has 3 aliphatic heterocycles. The molecule has 4 aliphatic rings. The third kappa shape index (κ3) is 1.52. The molecule has 1 saturated carbocycles. The second-order valence-electron chi connectivity index (χ2n) is 4.99. The molecule has 0 spiro atoms. The SMILES string of the molecule is O=C(O)C1=CCN2CC3CCC(CC3)C2=N1. The maximum absolute atomic E-state index is 10.9. The predicted octanol–water partition coefficient (Wildman–Crippen LogP) is 1.49. The Hall–Kier alpha value is -1.32. The van der Waals surface area contributed by atoms with Gasteiger partial charge in [-0.1, -0.05) is 0 Å². The van der Waals surface area contributed by atoms with E-state index in [0.717, 1.165) is 24.8 Å². The van der Waals surface area contributed by atoms with Gasteiger partial charge in [-0.2, -0.15) is 0 Å². The fourth-order valence-electron chi connectivity index (χ4n) is 3.10. The van der Waals surface area contributed by atoms with E-state index < -0.39 is 5.97 Å². The Morgan fingerprint density at radius 2 is 2.12 bits per heavy atom. The molecule has 0 unspecified atom stereocenters. The molecule has 0 aromatic heterocycles. The van der Waals surface area contributed by atoms with E-state index in [1.54, 1.807) is 6.08 Å². The van der Waals surface area contributed by atoms with Crippen molar-refractivity contribution in [1.29, 1.82) is 0 Å². The van der Waals surface area contributed by atoms with Gasteiger partial charge in [0.1, 0.15) is 11.5 Å². The van der Waals surface area contributed by atoms with Gasteiger partial charge in [0.2, 0.25) is 0 Å². The molecule has 4 heteroatoms. The van der Waals surface area contributed by atoms with Gasteiger partial charge in [-0.15, -0.1) is 0 Å². The number of hydrogen-bond acceptors (Lipinski definition) is 3. The van der Waals surface area contributed by atoms with Gasteiger partial charge in [0.25, 0.3) is 0 Å². The third-order valence-corrected chi connectivity index (χ3v) is 3.97. The Balaban J connectivity index is 1.93.